The van der Waals surface area contributed by atoms with Gasteiger partial charge in [0.1, 0.15) is 0 Å². The van der Waals surface area contributed by atoms with Crippen LogP contribution in [-0.2, 0) is 11.2 Å². The van der Waals surface area contributed by atoms with Crippen molar-refractivity contribution in [2.75, 3.05) is 11.4 Å². The van der Waals surface area contributed by atoms with Gasteiger partial charge in [-0.2, -0.15) is 0 Å². The summed E-state index contributed by atoms with van der Waals surface area (Å²) in [5.74, 6) is 0.0496. The van der Waals surface area contributed by atoms with Gasteiger partial charge in [0, 0.05) is 17.3 Å². The van der Waals surface area contributed by atoms with Crippen molar-refractivity contribution in [1.82, 2.24) is 0 Å². The van der Waals surface area contributed by atoms with E-state index in [9.17, 15) is 4.79 Å². The number of halogens is 1. The summed E-state index contributed by atoms with van der Waals surface area (Å²) in [6, 6.07) is 5.71. The molecule has 16 heavy (non-hydrogen) atoms. The third kappa shape index (κ3) is 1.43. The summed E-state index contributed by atoms with van der Waals surface area (Å²) in [4.78, 5) is 13.9. The maximum Gasteiger partial charge on any atom is 0.247 e. The number of carbonyl (C=O) groups excluding carboxylic acids is 1. The van der Waals surface area contributed by atoms with Crippen LogP contribution in [0, 0.1) is 0 Å². The van der Waals surface area contributed by atoms with E-state index < -0.39 is 5.54 Å². The smallest absolute Gasteiger partial charge is 0.247 e. The minimum atomic E-state index is -0.593. The van der Waals surface area contributed by atoms with Crippen LogP contribution in [0.5, 0.6) is 0 Å². The maximum atomic E-state index is 12.2. The highest BCUT2D eigenvalue weighted by atomic mass is 35.5. The molecule has 2 N–H and O–H groups in total. The average Bonchev–Trinajstić information content (AvgIpc) is 2.89. The fourth-order valence-electron chi connectivity index (χ4n) is 2.18. The molecule has 4 heteroatoms. The highest BCUT2D eigenvalue weighted by Crippen LogP contribution is 2.39. The van der Waals surface area contributed by atoms with Crippen molar-refractivity contribution in [1.29, 1.82) is 0 Å². The summed E-state index contributed by atoms with van der Waals surface area (Å²) in [5.41, 5.74) is 7.47. The Kier molecular flexibility index (Phi) is 2.03. The van der Waals surface area contributed by atoms with E-state index >= 15 is 0 Å². The number of nitrogens with zero attached hydrogens (tertiary/aromatic N) is 1. The molecule has 0 atom stereocenters. The zero-order chi connectivity index (χ0) is 11.3. The van der Waals surface area contributed by atoms with Crippen LogP contribution in [0.3, 0.4) is 0 Å². The van der Waals surface area contributed by atoms with Gasteiger partial charge in [0.2, 0.25) is 5.91 Å². The summed E-state index contributed by atoms with van der Waals surface area (Å²) < 4.78 is 0. The molecule has 1 aromatic carbocycles. The second kappa shape index (κ2) is 3.22. The molecule has 0 aromatic heterocycles. The van der Waals surface area contributed by atoms with Crippen LogP contribution in [-0.4, -0.2) is 18.0 Å². The Hall–Kier alpha value is -1.06. The van der Waals surface area contributed by atoms with Crippen LogP contribution in [0.15, 0.2) is 18.2 Å². The van der Waals surface area contributed by atoms with Crippen LogP contribution in [0.4, 0.5) is 5.69 Å². The lowest BCUT2D eigenvalue weighted by atomic mass is 10.1. The van der Waals surface area contributed by atoms with Crippen molar-refractivity contribution in [2.45, 2.75) is 24.8 Å². The molecule has 1 saturated carbocycles. The molecule has 0 saturated heterocycles. The molecule has 2 aliphatic rings. The van der Waals surface area contributed by atoms with Crippen LogP contribution >= 0.6 is 11.6 Å². The zero-order valence-corrected chi connectivity index (χ0v) is 9.63. The third-order valence-electron chi connectivity index (χ3n) is 3.40. The first kappa shape index (κ1) is 10.1. The lowest BCUT2D eigenvalue weighted by Gasteiger charge is -2.21. The van der Waals surface area contributed by atoms with Crippen molar-refractivity contribution in [3.05, 3.63) is 28.8 Å². The molecule has 1 heterocycles. The third-order valence-corrected chi connectivity index (χ3v) is 3.64. The Labute approximate surface area is 99.2 Å². The molecule has 84 valence electrons. The lowest BCUT2D eigenvalue weighted by molar-refractivity contribution is -0.120. The van der Waals surface area contributed by atoms with E-state index in [-0.39, 0.29) is 5.91 Å². The minimum absolute atomic E-state index is 0.0496. The molecular weight excluding hydrogens is 224 g/mol. The predicted molar refractivity (Wildman–Crippen MR) is 63.7 cm³/mol. The van der Waals surface area contributed by atoms with E-state index in [0.29, 0.717) is 5.02 Å². The Bertz CT molecular complexity index is 468. The maximum absolute atomic E-state index is 12.2. The Morgan fingerprint density at radius 3 is 2.88 bits per heavy atom. The zero-order valence-electron chi connectivity index (χ0n) is 8.87. The second-order valence-electron chi connectivity index (χ2n) is 4.64. The number of benzene rings is 1. The van der Waals surface area contributed by atoms with Crippen molar-refractivity contribution >= 4 is 23.2 Å². The number of hydrogen-bond acceptors (Lipinski definition) is 2. The molecule has 0 unspecified atom stereocenters. The number of hydrogen-bond donors (Lipinski definition) is 1. The van der Waals surface area contributed by atoms with Gasteiger partial charge in [-0.1, -0.05) is 17.7 Å². The SMILES string of the molecule is NC1(C(=O)N2CCc3ccc(Cl)cc32)CC1. The van der Waals surface area contributed by atoms with Gasteiger partial charge in [-0.05, 0) is 37.0 Å². The monoisotopic (exact) mass is 236 g/mol. The highest BCUT2D eigenvalue weighted by molar-refractivity contribution is 6.31. The van der Waals surface area contributed by atoms with Gasteiger partial charge in [-0.15, -0.1) is 0 Å². The van der Waals surface area contributed by atoms with Gasteiger partial charge < -0.3 is 10.6 Å². The second-order valence-corrected chi connectivity index (χ2v) is 5.07. The van der Waals surface area contributed by atoms with E-state index in [4.69, 9.17) is 17.3 Å². The van der Waals surface area contributed by atoms with Crippen LogP contribution in [0.25, 0.3) is 0 Å². The molecule has 0 bridgehead atoms. The number of rotatable bonds is 1. The first-order valence-corrected chi connectivity index (χ1v) is 5.87. The minimum Gasteiger partial charge on any atom is -0.317 e. The molecule has 1 fully saturated rings. The largest absolute Gasteiger partial charge is 0.317 e. The number of amides is 1. The molecule has 1 aromatic rings. The lowest BCUT2D eigenvalue weighted by Crippen LogP contribution is -2.45. The predicted octanol–water partition coefficient (Wildman–Crippen LogP) is 1.72. The molecule has 1 aliphatic heterocycles. The van der Waals surface area contributed by atoms with E-state index in [0.717, 1.165) is 31.5 Å². The van der Waals surface area contributed by atoms with Crippen molar-refractivity contribution in [3.63, 3.8) is 0 Å². The van der Waals surface area contributed by atoms with E-state index in [1.807, 2.05) is 18.2 Å². The van der Waals surface area contributed by atoms with Gasteiger partial charge in [-0.3, -0.25) is 4.79 Å². The first-order valence-electron chi connectivity index (χ1n) is 5.49. The normalized spacial score (nSPS) is 20.8. The van der Waals surface area contributed by atoms with Gasteiger partial charge in [-0.25, -0.2) is 0 Å². The van der Waals surface area contributed by atoms with Gasteiger partial charge >= 0.3 is 0 Å². The fraction of sp³-hybridized carbons (Fsp3) is 0.417. The summed E-state index contributed by atoms with van der Waals surface area (Å²) in [7, 11) is 0. The topological polar surface area (TPSA) is 46.3 Å². The summed E-state index contributed by atoms with van der Waals surface area (Å²) >= 11 is 5.95. The molecule has 3 rings (SSSR count). The standard InChI is InChI=1S/C12H13ClN2O/c13-9-2-1-8-3-6-15(10(8)7-9)11(16)12(14)4-5-12/h1-2,7H,3-6,14H2. The first-order chi connectivity index (χ1) is 7.60. The Morgan fingerprint density at radius 2 is 2.19 bits per heavy atom. The van der Waals surface area contributed by atoms with E-state index in [2.05, 4.69) is 0 Å². The fourth-order valence-corrected chi connectivity index (χ4v) is 2.35. The molecule has 3 nitrogen and oxygen atoms in total. The number of anilines is 1. The molecule has 1 aliphatic carbocycles. The summed E-state index contributed by atoms with van der Waals surface area (Å²) in [6.45, 7) is 0.730. The number of nitrogens with two attached hydrogens (primary N) is 1. The van der Waals surface area contributed by atoms with Crippen LogP contribution in [0.2, 0.25) is 5.02 Å². The quantitative estimate of drug-likeness (QED) is 0.807. The number of fused-ring (bicyclic) bond motifs is 1. The average molecular weight is 237 g/mol. The molecule has 0 spiro atoms. The van der Waals surface area contributed by atoms with E-state index in [1.54, 1.807) is 4.90 Å². The molecular formula is C12H13ClN2O. The summed E-state index contributed by atoms with van der Waals surface area (Å²) in [5, 5.41) is 0.667. The van der Waals surface area contributed by atoms with Crippen molar-refractivity contribution in [3.8, 4) is 0 Å². The molecule has 1 amide bonds. The van der Waals surface area contributed by atoms with Crippen molar-refractivity contribution in [2.24, 2.45) is 5.73 Å². The number of carbonyl (C=O) groups is 1. The Balaban J connectivity index is 1.96. The van der Waals surface area contributed by atoms with Gasteiger partial charge in [0.05, 0.1) is 5.54 Å². The van der Waals surface area contributed by atoms with Gasteiger partial charge in [0.15, 0.2) is 0 Å². The summed E-state index contributed by atoms with van der Waals surface area (Å²) in [6.07, 6.45) is 2.50. The van der Waals surface area contributed by atoms with Crippen LogP contribution in [0.1, 0.15) is 18.4 Å². The molecule has 0 radical (unpaired) electrons. The van der Waals surface area contributed by atoms with Crippen LogP contribution < -0.4 is 10.6 Å². The Morgan fingerprint density at radius 1 is 1.44 bits per heavy atom. The van der Waals surface area contributed by atoms with E-state index in [1.165, 1.54) is 5.56 Å². The highest BCUT2D eigenvalue weighted by Gasteiger charge is 2.49. The van der Waals surface area contributed by atoms with Crippen molar-refractivity contribution < 1.29 is 4.79 Å². The van der Waals surface area contributed by atoms with Gasteiger partial charge in [0.25, 0.3) is 0 Å².